The monoisotopic (exact) mass is 371 g/mol. The third-order valence-corrected chi connectivity index (χ3v) is 3.36. The van der Waals surface area contributed by atoms with Crippen molar-refractivity contribution in [1.29, 1.82) is 0 Å². The molecule has 2 aromatic rings. The predicted molar refractivity (Wildman–Crippen MR) is 86.1 cm³/mol. The second-order valence-corrected chi connectivity index (χ2v) is 5.36. The summed E-state index contributed by atoms with van der Waals surface area (Å²) in [5.74, 6) is -0.467. The molecule has 0 spiro atoms. The number of halogens is 2. The lowest BCUT2D eigenvalue weighted by molar-refractivity contribution is -0.138. The van der Waals surface area contributed by atoms with Gasteiger partial charge < -0.3 is 19.1 Å². The van der Waals surface area contributed by atoms with Crippen molar-refractivity contribution in [3.05, 3.63) is 24.1 Å². The summed E-state index contributed by atoms with van der Waals surface area (Å²) in [5, 5.41) is 12.8. The number of aliphatic carboxylic acids is 1. The molecule has 1 N–H and O–H groups in total. The zero-order chi connectivity index (χ0) is 19.1. The van der Waals surface area contributed by atoms with Crippen molar-refractivity contribution in [3.63, 3.8) is 0 Å². The van der Waals surface area contributed by atoms with Gasteiger partial charge in [0.2, 0.25) is 11.7 Å². The summed E-state index contributed by atoms with van der Waals surface area (Å²) < 4.78 is 39.3. The van der Waals surface area contributed by atoms with Gasteiger partial charge in [0.1, 0.15) is 0 Å². The molecule has 0 saturated carbocycles. The van der Waals surface area contributed by atoms with Gasteiger partial charge in [-0.25, -0.2) is 0 Å². The second-order valence-electron chi connectivity index (χ2n) is 5.36. The Bertz CT molecular complexity index is 738. The van der Waals surface area contributed by atoms with E-state index in [0.717, 1.165) is 6.42 Å². The minimum absolute atomic E-state index is 0.104. The molecule has 10 heteroatoms. The molecule has 142 valence electrons. The average Bonchev–Trinajstić information content (AvgIpc) is 3.02. The van der Waals surface area contributed by atoms with Crippen LogP contribution in [0.25, 0.3) is 11.4 Å². The van der Waals surface area contributed by atoms with Crippen molar-refractivity contribution in [2.24, 2.45) is 0 Å². The highest BCUT2D eigenvalue weighted by Gasteiger charge is 2.17. The minimum Gasteiger partial charge on any atom is -0.493 e. The molecule has 0 atom stereocenters. The Balaban J connectivity index is 2.16. The standard InChI is InChI=1S/C16H19F2N3O5/c1-3-6-21(9-14(22)23)8-13-19-15(20-26-13)10-4-5-11(25-16(17)18)12(7-10)24-2/h4-5,7,16H,3,6,8-9H2,1-2H3,(H,22,23). The smallest absolute Gasteiger partial charge is 0.387 e. The maximum absolute atomic E-state index is 12.4. The molecule has 0 saturated heterocycles. The number of carboxylic acids is 1. The normalized spacial score (nSPS) is 11.2. The molecule has 0 aliphatic carbocycles. The fourth-order valence-corrected chi connectivity index (χ4v) is 2.35. The lowest BCUT2D eigenvalue weighted by atomic mass is 10.2. The first-order chi connectivity index (χ1) is 12.4. The molecule has 1 heterocycles. The van der Waals surface area contributed by atoms with Crippen LogP contribution in [0.3, 0.4) is 0 Å². The number of aromatic nitrogens is 2. The number of rotatable bonds is 10. The lowest BCUT2D eigenvalue weighted by Gasteiger charge is -2.16. The Kier molecular flexibility index (Phi) is 6.84. The molecule has 0 radical (unpaired) electrons. The molecule has 1 aromatic heterocycles. The number of carboxylic acid groups (broad SMARTS) is 1. The van der Waals surface area contributed by atoms with E-state index in [1.54, 1.807) is 4.90 Å². The Morgan fingerprint density at radius 3 is 2.77 bits per heavy atom. The van der Waals surface area contributed by atoms with Gasteiger partial charge in [-0.05, 0) is 31.2 Å². The third kappa shape index (κ3) is 5.38. The van der Waals surface area contributed by atoms with Crippen molar-refractivity contribution >= 4 is 5.97 Å². The van der Waals surface area contributed by atoms with Gasteiger partial charge in [-0.2, -0.15) is 13.8 Å². The number of methoxy groups -OCH3 is 1. The fraction of sp³-hybridized carbons (Fsp3) is 0.438. The molecular formula is C16H19F2N3O5. The van der Waals surface area contributed by atoms with Crippen LogP contribution < -0.4 is 9.47 Å². The number of alkyl halides is 2. The molecule has 0 bridgehead atoms. The van der Waals surface area contributed by atoms with Crippen molar-refractivity contribution in [2.45, 2.75) is 26.5 Å². The molecule has 1 aromatic carbocycles. The zero-order valence-corrected chi connectivity index (χ0v) is 14.3. The lowest BCUT2D eigenvalue weighted by Crippen LogP contribution is -2.30. The average molecular weight is 371 g/mol. The molecule has 2 rings (SSSR count). The Morgan fingerprint density at radius 1 is 1.38 bits per heavy atom. The summed E-state index contributed by atoms with van der Waals surface area (Å²) in [6.07, 6.45) is 0.775. The summed E-state index contributed by atoms with van der Waals surface area (Å²) in [6.45, 7) is -0.415. The van der Waals surface area contributed by atoms with Crippen LogP contribution in [0.4, 0.5) is 8.78 Å². The first-order valence-corrected chi connectivity index (χ1v) is 7.82. The highest BCUT2D eigenvalue weighted by molar-refractivity contribution is 5.69. The van der Waals surface area contributed by atoms with Gasteiger partial charge in [-0.1, -0.05) is 12.1 Å². The maximum Gasteiger partial charge on any atom is 0.387 e. The quantitative estimate of drug-likeness (QED) is 0.681. The van der Waals surface area contributed by atoms with E-state index in [9.17, 15) is 13.6 Å². The number of ether oxygens (including phenoxy) is 2. The second kappa shape index (κ2) is 9.09. The summed E-state index contributed by atoms with van der Waals surface area (Å²) in [5.41, 5.74) is 0.485. The summed E-state index contributed by atoms with van der Waals surface area (Å²) >= 11 is 0. The van der Waals surface area contributed by atoms with E-state index >= 15 is 0 Å². The van der Waals surface area contributed by atoms with E-state index < -0.39 is 12.6 Å². The molecule has 8 nitrogen and oxygen atoms in total. The molecule has 0 unspecified atom stereocenters. The van der Waals surface area contributed by atoms with Gasteiger partial charge in [-0.15, -0.1) is 0 Å². The zero-order valence-electron chi connectivity index (χ0n) is 14.3. The van der Waals surface area contributed by atoms with Crippen LogP contribution in [0.1, 0.15) is 19.2 Å². The summed E-state index contributed by atoms with van der Waals surface area (Å²) in [7, 11) is 1.33. The largest absolute Gasteiger partial charge is 0.493 e. The van der Waals surface area contributed by atoms with Crippen LogP contribution in [0.2, 0.25) is 0 Å². The maximum atomic E-state index is 12.4. The van der Waals surface area contributed by atoms with Crippen molar-refractivity contribution in [1.82, 2.24) is 15.0 Å². The Labute approximate surface area is 148 Å². The number of carbonyl (C=O) groups is 1. The van der Waals surface area contributed by atoms with Crippen LogP contribution in [-0.4, -0.2) is 52.9 Å². The SMILES string of the molecule is CCCN(CC(=O)O)Cc1nc(-c2ccc(OC(F)F)c(OC)c2)no1. The number of nitrogens with zero attached hydrogens (tertiary/aromatic N) is 3. The van der Waals surface area contributed by atoms with Crippen LogP contribution in [0, 0.1) is 0 Å². The van der Waals surface area contributed by atoms with E-state index in [4.69, 9.17) is 14.4 Å². The highest BCUT2D eigenvalue weighted by Crippen LogP contribution is 2.32. The van der Waals surface area contributed by atoms with E-state index in [0.29, 0.717) is 12.1 Å². The first kappa shape index (κ1) is 19.6. The van der Waals surface area contributed by atoms with Gasteiger partial charge in [0.15, 0.2) is 11.5 Å². The number of hydrogen-bond acceptors (Lipinski definition) is 7. The Morgan fingerprint density at radius 2 is 2.15 bits per heavy atom. The predicted octanol–water partition coefficient (Wildman–Crippen LogP) is 2.64. The van der Waals surface area contributed by atoms with Crippen molar-refractivity contribution in [2.75, 3.05) is 20.2 Å². The number of benzene rings is 1. The molecule has 0 aliphatic heterocycles. The first-order valence-electron chi connectivity index (χ1n) is 7.82. The molecular weight excluding hydrogens is 352 g/mol. The van der Waals surface area contributed by atoms with Gasteiger partial charge in [0.05, 0.1) is 20.2 Å². The molecule has 0 fully saturated rings. The topological polar surface area (TPSA) is 97.9 Å². The van der Waals surface area contributed by atoms with E-state index in [1.807, 2.05) is 6.92 Å². The molecule has 0 aliphatic rings. The fourth-order valence-electron chi connectivity index (χ4n) is 2.35. The van der Waals surface area contributed by atoms with Crippen molar-refractivity contribution in [3.8, 4) is 22.9 Å². The van der Waals surface area contributed by atoms with Crippen molar-refractivity contribution < 1.29 is 32.7 Å². The summed E-state index contributed by atoms with van der Waals surface area (Å²) in [6, 6.07) is 4.27. The van der Waals surface area contributed by atoms with Gasteiger partial charge in [0.25, 0.3) is 0 Å². The number of hydrogen-bond donors (Lipinski definition) is 1. The Hall–Kier alpha value is -2.75. The van der Waals surface area contributed by atoms with Gasteiger partial charge in [0, 0.05) is 5.56 Å². The molecule has 26 heavy (non-hydrogen) atoms. The van der Waals surface area contributed by atoms with Gasteiger partial charge >= 0.3 is 12.6 Å². The van der Waals surface area contributed by atoms with Crippen LogP contribution in [-0.2, 0) is 11.3 Å². The van der Waals surface area contributed by atoms with Crippen LogP contribution in [0.15, 0.2) is 22.7 Å². The van der Waals surface area contributed by atoms with E-state index in [2.05, 4.69) is 14.9 Å². The summed E-state index contributed by atoms with van der Waals surface area (Å²) in [4.78, 5) is 16.8. The highest BCUT2D eigenvalue weighted by atomic mass is 19.3. The van der Waals surface area contributed by atoms with E-state index in [-0.39, 0.29) is 36.3 Å². The van der Waals surface area contributed by atoms with Crippen LogP contribution in [0.5, 0.6) is 11.5 Å². The third-order valence-electron chi connectivity index (χ3n) is 3.36. The van der Waals surface area contributed by atoms with E-state index in [1.165, 1.54) is 25.3 Å². The van der Waals surface area contributed by atoms with Crippen LogP contribution >= 0.6 is 0 Å². The molecule has 0 amide bonds. The van der Waals surface area contributed by atoms with Gasteiger partial charge in [-0.3, -0.25) is 9.69 Å². The minimum atomic E-state index is -2.97.